The lowest BCUT2D eigenvalue weighted by Gasteiger charge is -2.16. The van der Waals surface area contributed by atoms with Crippen LogP contribution >= 0.6 is 0 Å². The van der Waals surface area contributed by atoms with E-state index in [1.54, 1.807) is 6.07 Å². The van der Waals surface area contributed by atoms with Gasteiger partial charge in [0.25, 0.3) is 0 Å². The summed E-state index contributed by atoms with van der Waals surface area (Å²) in [5.74, 6) is -0.371. The largest absolute Gasteiger partial charge is 0.493 e. The Morgan fingerprint density at radius 1 is 1.16 bits per heavy atom. The molecule has 19 heavy (non-hydrogen) atoms. The third-order valence-corrected chi connectivity index (χ3v) is 2.44. The van der Waals surface area contributed by atoms with Crippen molar-refractivity contribution in [3.05, 3.63) is 23.8 Å². The van der Waals surface area contributed by atoms with E-state index in [9.17, 15) is 9.59 Å². The molecule has 1 rings (SSSR count). The number of amides is 1. The molecule has 1 amide bonds. The molecule has 0 aliphatic rings. The molecule has 1 aromatic rings. The standard InChI is InChI=1S/C12H15NO6/c1-17-8-5-4-7(6-9(8)18-2)10(11(14)15)13-12(16)19-3/h4-6,10H,1-3H3,(H,13,16)(H,14,15)/t10-/m0/s1. The van der Waals surface area contributed by atoms with E-state index < -0.39 is 18.1 Å². The van der Waals surface area contributed by atoms with E-state index in [1.165, 1.54) is 26.4 Å². The zero-order chi connectivity index (χ0) is 14.4. The fraction of sp³-hybridized carbons (Fsp3) is 0.333. The number of hydrogen-bond acceptors (Lipinski definition) is 5. The number of hydrogen-bond donors (Lipinski definition) is 2. The molecule has 2 N–H and O–H groups in total. The minimum atomic E-state index is -1.23. The van der Waals surface area contributed by atoms with Gasteiger partial charge in [-0.05, 0) is 17.7 Å². The van der Waals surface area contributed by atoms with Crippen molar-refractivity contribution >= 4 is 12.1 Å². The number of methoxy groups -OCH3 is 3. The highest BCUT2D eigenvalue weighted by atomic mass is 16.5. The predicted molar refractivity (Wildman–Crippen MR) is 65.5 cm³/mol. The third kappa shape index (κ3) is 3.51. The summed E-state index contributed by atoms with van der Waals surface area (Å²) in [6.45, 7) is 0. The summed E-state index contributed by atoms with van der Waals surface area (Å²) < 4.78 is 14.5. The van der Waals surface area contributed by atoms with Crippen LogP contribution in [0.3, 0.4) is 0 Å². The molecule has 0 aliphatic heterocycles. The van der Waals surface area contributed by atoms with Gasteiger partial charge in [0.2, 0.25) is 0 Å². The summed E-state index contributed by atoms with van der Waals surface area (Å²) in [5.41, 5.74) is 0.343. The van der Waals surface area contributed by atoms with Crippen LogP contribution in [0.2, 0.25) is 0 Å². The number of carbonyl (C=O) groups excluding carboxylic acids is 1. The first-order chi connectivity index (χ1) is 9.03. The molecule has 0 bridgehead atoms. The molecule has 0 unspecified atom stereocenters. The molecule has 0 heterocycles. The summed E-state index contributed by atoms with van der Waals surface area (Å²) >= 11 is 0. The molecule has 7 heteroatoms. The summed E-state index contributed by atoms with van der Waals surface area (Å²) in [7, 11) is 4.06. The Morgan fingerprint density at radius 3 is 2.26 bits per heavy atom. The van der Waals surface area contributed by atoms with Crippen molar-refractivity contribution in [3.63, 3.8) is 0 Å². The van der Waals surface area contributed by atoms with Gasteiger partial charge in [-0.2, -0.15) is 0 Å². The zero-order valence-electron chi connectivity index (χ0n) is 10.8. The zero-order valence-corrected chi connectivity index (χ0v) is 10.8. The minimum absolute atomic E-state index is 0.343. The van der Waals surface area contributed by atoms with Gasteiger partial charge in [0.15, 0.2) is 17.5 Å². The number of carboxylic acids is 1. The number of carboxylic acid groups (broad SMARTS) is 1. The van der Waals surface area contributed by atoms with Crippen LogP contribution in [-0.4, -0.2) is 38.5 Å². The fourth-order valence-electron chi connectivity index (χ4n) is 1.50. The van der Waals surface area contributed by atoms with Crippen molar-refractivity contribution in [2.75, 3.05) is 21.3 Å². The number of benzene rings is 1. The number of nitrogens with one attached hydrogen (secondary N) is 1. The SMILES string of the molecule is COC(=O)N[C@H](C(=O)O)c1ccc(OC)c(OC)c1. The van der Waals surface area contributed by atoms with Crippen molar-refractivity contribution in [1.29, 1.82) is 0 Å². The molecule has 104 valence electrons. The molecule has 7 nitrogen and oxygen atoms in total. The minimum Gasteiger partial charge on any atom is -0.493 e. The highest BCUT2D eigenvalue weighted by Gasteiger charge is 2.23. The van der Waals surface area contributed by atoms with Crippen molar-refractivity contribution in [2.45, 2.75) is 6.04 Å². The van der Waals surface area contributed by atoms with Crippen molar-refractivity contribution in [3.8, 4) is 11.5 Å². The van der Waals surface area contributed by atoms with E-state index in [0.29, 0.717) is 17.1 Å². The molecule has 0 fully saturated rings. The van der Waals surface area contributed by atoms with Gasteiger partial charge in [-0.15, -0.1) is 0 Å². The topological polar surface area (TPSA) is 94.1 Å². The van der Waals surface area contributed by atoms with E-state index in [4.69, 9.17) is 14.6 Å². The number of rotatable bonds is 5. The van der Waals surface area contributed by atoms with Crippen LogP contribution in [0, 0.1) is 0 Å². The van der Waals surface area contributed by atoms with E-state index >= 15 is 0 Å². The first-order valence-corrected chi connectivity index (χ1v) is 5.32. The Morgan fingerprint density at radius 2 is 1.79 bits per heavy atom. The van der Waals surface area contributed by atoms with Gasteiger partial charge < -0.3 is 24.6 Å². The molecule has 1 aromatic carbocycles. The summed E-state index contributed by atoms with van der Waals surface area (Å²) in [6, 6.07) is 3.33. The Bertz CT molecular complexity index is 473. The maximum absolute atomic E-state index is 11.2. The van der Waals surface area contributed by atoms with Gasteiger partial charge in [0.05, 0.1) is 21.3 Å². The van der Waals surface area contributed by atoms with E-state index in [1.807, 2.05) is 0 Å². The number of alkyl carbamates (subject to hydrolysis) is 1. The first kappa shape index (κ1) is 14.6. The molecular formula is C12H15NO6. The van der Waals surface area contributed by atoms with Gasteiger partial charge >= 0.3 is 12.1 Å². The van der Waals surface area contributed by atoms with Crippen LogP contribution in [0.1, 0.15) is 11.6 Å². The normalized spacial score (nSPS) is 11.3. The van der Waals surface area contributed by atoms with Crippen LogP contribution in [0.15, 0.2) is 18.2 Å². The van der Waals surface area contributed by atoms with Gasteiger partial charge in [-0.1, -0.05) is 6.07 Å². The van der Waals surface area contributed by atoms with Crippen LogP contribution < -0.4 is 14.8 Å². The number of ether oxygens (including phenoxy) is 3. The Hall–Kier alpha value is -2.44. The van der Waals surface area contributed by atoms with Crippen LogP contribution in [0.4, 0.5) is 4.79 Å². The Balaban J connectivity index is 3.09. The van der Waals surface area contributed by atoms with E-state index in [2.05, 4.69) is 10.1 Å². The molecule has 1 atom stereocenters. The second kappa shape index (κ2) is 6.48. The third-order valence-electron chi connectivity index (χ3n) is 2.44. The summed E-state index contributed by atoms with van der Waals surface area (Å²) in [4.78, 5) is 22.3. The highest BCUT2D eigenvalue weighted by Crippen LogP contribution is 2.30. The number of aliphatic carboxylic acids is 1. The lowest BCUT2D eigenvalue weighted by atomic mass is 10.1. The summed E-state index contributed by atoms with van der Waals surface area (Å²) in [5, 5.41) is 11.3. The fourth-order valence-corrected chi connectivity index (χ4v) is 1.50. The molecule has 0 radical (unpaired) electrons. The molecule has 0 spiro atoms. The second-order valence-corrected chi connectivity index (χ2v) is 3.52. The lowest BCUT2D eigenvalue weighted by Crippen LogP contribution is -2.33. The number of carbonyl (C=O) groups is 2. The smallest absolute Gasteiger partial charge is 0.407 e. The predicted octanol–water partition coefficient (Wildman–Crippen LogP) is 1.19. The van der Waals surface area contributed by atoms with Gasteiger partial charge in [0.1, 0.15) is 0 Å². The molecule has 0 aromatic heterocycles. The van der Waals surface area contributed by atoms with Crippen molar-refractivity contribution < 1.29 is 28.9 Å². The molecule has 0 saturated carbocycles. The average Bonchev–Trinajstić information content (AvgIpc) is 2.43. The van der Waals surface area contributed by atoms with Gasteiger partial charge in [-0.25, -0.2) is 9.59 Å². The van der Waals surface area contributed by atoms with E-state index in [-0.39, 0.29) is 0 Å². The Kier molecular flexibility index (Phi) is 4.99. The van der Waals surface area contributed by atoms with Crippen molar-refractivity contribution in [2.24, 2.45) is 0 Å². The second-order valence-electron chi connectivity index (χ2n) is 3.52. The van der Waals surface area contributed by atoms with Crippen LogP contribution in [-0.2, 0) is 9.53 Å². The van der Waals surface area contributed by atoms with Crippen LogP contribution in [0.25, 0.3) is 0 Å². The van der Waals surface area contributed by atoms with Gasteiger partial charge in [-0.3, -0.25) is 0 Å². The van der Waals surface area contributed by atoms with Crippen LogP contribution in [0.5, 0.6) is 11.5 Å². The van der Waals surface area contributed by atoms with Gasteiger partial charge in [0, 0.05) is 0 Å². The molecule has 0 saturated heterocycles. The monoisotopic (exact) mass is 269 g/mol. The maximum atomic E-state index is 11.2. The lowest BCUT2D eigenvalue weighted by molar-refractivity contribution is -0.139. The van der Waals surface area contributed by atoms with Crippen molar-refractivity contribution in [1.82, 2.24) is 5.32 Å². The first-order valence-electron chi connectivity index (χ1n) is 5.32. The molecule has 0 aliphatic carbocycles. The quantitative estimate of drug-likeness (QED) is 0.833. The van der Waals surface area contributed by atoms with E-state index in [0.717, 1.165) is 7.11 Å². The summed E-state index contributed by atoms with van der Waals surface area (Å²) in [6.07, 6.45) is -0.831. The Labute approximate surface area is 110 Å². The average molecular weight is 269 g/mol. The maximum Gasteiger partial charge on any atom is 0.407 e. The highest BCUT2D eigenvalue weighted by molar-refractivity contribution is 5.81. The molecular weight excluding hydrogens is 254 g/mol.